The van der Waals surface area contributed by atoms with Crippen LogP contribution in [0.25, 0.3) is 0 Å². The van der Waals surface area contributed by atoms with Crippen LogP contribution < -0.4 is 0 Å². The van der Waals surface area contributed by atoms with Gasteiger partial charge >= 0.3 is 5.97 Å². The Morgan fingerprint density at radius 3 is 2.09 bits per heavy atom. The average Bonchev–Trinajstić information content (AvgIpc) is 2.54. The molecular formula is C18H18O4. The van der Waals surface area contributed by atoms with Crippen molar-refractivity contribution in [2.24, 2.45) is 0 Å². The second kappa shape index (κ2) is 7.00. The summed E-state index contributed by atoms with van der Waals surface area (Å²) in [6, 6.07) is 13.5. The van der Waals surface area contributed by atoms with Gasteiger partial charge in [-0.3, -0.25) is 4.79 Å². The fourth-order valence-electron chi connectivity index (χ4n) is 1.98. The van der Waals surface area contributed by atoms with Crippen LogP contribution in [-0.4, -0.2) is 23.0 Å². The first-order chi connectivity index (χ1) is 10.5. The number of aliphatic hydroxyl groups is 1. The number of rotatable bonds is 5. The molecule has 22 heavy (non-hydrogen) atoms. The van der Waals surface area contributed by atoms with E-state index in [1.807, 2.05) is 19.1 Å². The molecule has 0 fully saturated rings. The number of hydrogen-bond donors (Lipinski definition) is 1. The Labute approximate surface area is 129 Å². The van der Waals surface area contributed by atoms with Crippen LogP contribution in [0.2, 0.25) is 0 Å². The van der Waals surface area contributed by atoms with Gasteiger partial charge in [-0.15, -0.1) is 0 Å². The molecule has 4 heteroatoms. The third kappa shape index (κ3) is 3.80. The van der Waals surface area contributed by atoms with E-state index in [4.69, 9.17) is 9.84 Å². The zero-order valence-corrected chi connectivity index (χ0v) is 12.6. The van der Waals surface area contributed by atoms with E-state index in [-0.39, 0.29) is 12.4 Å². The number of aliphatic hydroxyl groups excluding tert-OH is 1. The highest BCUT2D eigenvalue weighted by Crippen LogP contribution is 2.11. The van der Waals surface area contributed by atoms with E-state index in [1.165, 1.54) is 0 Å². The second-order valence-electron chi connectivity index (χ2n) is 5.13. The van der Waals surface area contributed by atoms with E-state index in [0.717, 1.165) is 5.56 Å². The topological polar surface area (TPSA) is 63.6 Å². The van der Waals surface area contributed by atoms with Crippen LogP contribution in [0.1, 0.15) is 38.8 Å². The summed E-state index contributed by atoms with van der Waals surface area (Å²) in [6.45, 7) is 3.41. The molecule has 0 spiro atoms. The average molecular weight is 298 g/mol. The van der Waals surface area contributed by atoms with Crippen LogP contribution in [0.3, 0.4) is 0 Å². The lowest BCUT2D eigenvalue weighted by atomic mass is 10.1. The quantitative estimate of drug-likeness (QED) is 0.681. The number of Topliss-reactive ketones (excluding diaryl/α,β-unsaturated/α-hetero) is 1. The molecular weight excluding hydrogens is 280 g/mol. The molecule has 114 valence electrons. The molecule has 0 aliphatic rings. The Morgan fingerprint density at radius 1 is 1.00 bits per heavy atom. The molecule has 0 heterocycles. The molecule has 2 aromatic rings. The van der Waals surface area contributed by atoms with Gasteiger partial charge in [0.15, 0.2) is 6.10 Å². The molecule has 4 nitrogen and oxygen atoms in total. The third-order valence-electron chi connectivity index (χ3n) is 3.36. The van der Waals surface area contributed by atoms with Gasteiger partial charge < -0.3 is 9.84 Å². The number of ketones is 1. The molecule has 2 rings (SSSR count). The number of aryl methyl sites for hydroxylation is 1. The third-order valence-corrected chi connectivity index (χ3v) is 3.36. The Kier molecular flexibility index (Phi) is 5.07. The van der Waals surface area contributed by atoms with E-state index in [9.17, 15) is 9.59 Å². The van der Waals surface area contributed by atoms with Crippen molar-refractivity contribution in [1.82, 2.24) is 0 Å². The minimum atomic E-state index is -0.854. The first-order valence-electron chi connectivity index (χ1n) is 7.03. The summed E-state index contributed by atoms with van der Waals surface area (Å²) in [7, 11) is 0. The Hall–Kier alpha value is -2.46. The predicted octanol–water partition coefficient (Wildman–Crippen LogP) is 2.92. The van der Waals surface area contributed by atoms with Gasteiger partial charge in [0.25, 0.3) is 0 Å². The molecule has 0 radical (unpaired) electrons. The molecule has 0 saturated carbocycles. The Balaban J connectivity index is 2.03. The van der Waals surface area contributed by atoms with Crippen LogP contribution in [0.4, 0.5) is 0 Å². The standard InChI is InChI=1S/C18H18O4/c1-12-3-7-15(8-4-12)17(20)13(2)22-18(21)16-9-5-14(11-19)6-10-16/h3-10,13,19H,11H2,1-2H3/t13-/m1/s1. The summed E-state index contributed by atoms with van der Waals surface area (Å²) < 4.78 is 5.21. The first kappa shape index (κ1) is 15.9. The molecule has 0 aliphatic carbocycles. The van der Waals surface area contributed by atoms with Gasteiger partial charge in [0.1, 0.15) is 0 Å². The SMILES string of the molecule is Cc1ccc(C(=O)[C@@H](C)OC(=O)c2ccc(CO)cc2)cc1. The van der Waals surface area contributed by atoms with Crippen LogP contribution in [0.5, 0.6) is 0 Å². The zero-order valence-electron chi connectivity index (χ0n) is 12.6. The van der Waals surface area contributed by atoms with Gasteiger partial charge in [-0.1, -0.05) is 42.0 Å². The number of carbonyl (C=O) groups is 2. The van der Waals surface area contributed by atoms with E-state index in [2.05, 4.69) is 0 Å². The van der Waals surface area contributed by atoms with Gasteiger partial charge in [0, 0.05) is 5.56 Å². The molecule has 0 aliphatic heterocycles. The molecule has 0 amide bonds. The van der Waals surface area contributed by atoms with Crippen molar-refractivity contribution in [3.63, 3.8) is 0 Å². The predicted molar refractivity (Wildman–Crippen MR) is 82.8 cm³/mol. The number of carbonyl (C=O) groups excluding carboxylic acids is 2. The first-order valence-corrected chi connectivity index (χ1v) is 7.03. The lowest BCUT2D eigenvalue weighted by molar-refractivity contribution is 0.0319. The number of ether oxygens (including phenoxy) is 1. The number of esters is 1. The maximum Gasteiger partial charge on any atom is 0.338 e. The fourth-order valence-corrected chi connectivity index (χ4v) is 1.98. The maximum absolute atomic E-state index is 12.2. The minimum Gasteiger partial charge on any atom is -0.451 e. The lowest BCUT2D eigenvalue weighted by Gasteiger charge is -2.12. The number of benzene rings is 2. The van der Waals surface area contributed by atoms with Gasteiger partial charge in [-0.2, -0.15) is 0 Å². The molecule has 0 bridgehead atoms. The summed E-state index contributed by atoms with van der Waals surface area (Å²) in [5, 5.41) is 8.97. The summed E-state index contributed by atoms with van der Waals surface area (Å²) in [5.41, 5.74) is 2.63. The normalized spacial score (nSPS) is 11.8. The van der Waals surface area contributed by atoms with Gasteiger partial charge in [0.2, 0.25) is 5.78 Å². The highest BCUT2D eigenvalue weighted by Gasteiger charge is 2.20. The van der Waals surface area contributed by atoms with E-state index in [0.29, 0.717) is 16.7 Å². The zero-order chi connectivity index (χ0) is 16.1. The molecule has 2 aromatic carbocycles. The van der Waals surface area contributed by atoms with E-state index >= 15 is 0 Å². The van der Waals surface area contributed by atoms with Gasteiger partial charge in [-0.25, -0.2) is 4.79 Å². The van der Waals surface area contributed by atoms with Crippen molar-refractivity contribution in [3.05, 3.63) is 70.8 Å². The molecule has 0 unspecified atom stereocenters. The highest BCUT2D eigenvalue weighted by atomic mass is 16.5. The highest BCUT2D eigenvalue weighted by molar-refractivity contribution is 6.01. The van der Waals surface area contributed by atoms with E-state index in [1.54, 1.807) is 43.3 Å². The van der Waals surface area contributed by atoms with Crippen molar-refractivity contribution >= 4 is 11.8 Å². The maximum atomic E-state index is 12.2. The van der Waals surface area contributed by atoms with Gasteiger partial charge in [0.05, 0.1) is 12.2 Å². The second-order valence-corrected chi connectivity index (χ2v) is 5.13. The molecule has 1 N–H and O–H groups in total. The number of hydrogen-bond acceptors (Lipinski definition) is 4. The van der Waals surface area contributed by atoms with Crippen molar-refractivity contribution in [2.75, 3.05) is 0 Å². The molecule has 0 aromatic heterocycles. The minimum absolute atomic E-state index is 0.0857. The van der Waals surface area contributed by atoms with Gasteiger partial charge in [-0.05, 0) is 31.5 Å². The van der Waals surface area contributed by atoms with Crippen molar-refractivity contribution in [2.45, 2.75) is 26.6 Å². The van der Waals surface area contributed by atoms with Crippen molar-refractivity contribution in [1.29, 1.82) is 0 Å². The monoisotopic (exact) mass is 298 g/mol. The molecule has 1 atom stereocenters. The summed E-state index contributed by atoms with van der Waals surface area (Å²) >= 11 is 0. The lowest BCUT2D eigenvalue weighted by Crippen LogP contribution is -2.24. The smallest absolute Gasteiger partial charge is 0.338 e. The van der Waals surface area contributed by atoms with Crippen molar-refractivity contribution < 1.29 is 19.4 Å². The largest absolute Gasteiger partial charge is 0.451 e. The summed E-state index contributed by atoms with van der Waals surface area (Å²) in [6.07, 6.45) is -0.854. The van der Waals surface area contributed by atoms with Crippen LogP contribution in [-0.2, 0) is 11.3 Å². The summed E-state index contributed by atoms with van der Waals surface area (Å²) in [4.78, 5) is 24.2. The Bertz CT molecular complexity index is 656. The molecule has 0 saturated heterocycles. The van der Waals surface area contributed by atoms with Crippen LogP contribution >= 0.6 is 0 Å². The Morgan fingerprint density at radius 2 is 1.55 bits per heavy atom. The fraction of sp³-hybridized carbons (Fsp3) is 0.222. The van der Waals surface area contributed by atoms with Crippen LogP contribution in [0.15, 0.2) is 48.5 Å². The van der Waals surface area contributed by atoms with Crippen molar-refractivity contribution in [3.8, 4) is 0 Å². The van der Waals surface area contributed by atoms with Crippen LogP contribution in [0, 0.1) is 6.92 Å². The van der Waals surface area contributed by atoms with E-state index < -0.39 is 12.1 Å². The summed E-state index contributed by atoms with van der Waals surface area (Å²) in [5.74, 6) is -0.794.